The van der Waals surface area contributed by atoms with Crippen LogP contribution in [-0.4, -0.2) is 34.4 Å². The van der Waals surface area contributed by atoms with Gasteiger partial charge >= 0.3 is 0 Å². The molecule has 0 aliphatic carbocycles. The number of benzene rings is 1. The average molecular weight is 349 g/mol. The third-order valence-corrected chi connectivity index (χ3v) is 4.72. The van der Waals surface area contributed by atoms with Crippen LogP contribution in [0.3, 0.4) is 0 Å². The van der Waals surface area contributed by atoms with Gasteiger partial charge in [-0.2, -0.15) is 11.8 Å². The number of amides is 1. The van der Waals surface area contributed by atoms with Crippen molar-refractivity contribution in [1.29, 1.82) is 0 Å². The van der Waals surface area contributed by atoms with Crippen molar-refractivity contribution in [2.45, 2.75) is 24.3 Å². The number of thioether (sulfide) groups is 1. The van der Waals surface area contributed by atoms with Gasteiger partial charge in [-0.3, -0.25) is 4.79 Å². The minimum Gasteiger partial charge on any atom is -0.336 e. The molecule has 0 aromatic heterocycles. The SMILES string of the molecule is CC1CN(C(=O)c2cc(Cl)cc(Br)c2)CC(C)S1. The molecule has 2 rings (SSSR count). The molecule has 0 spiro atoms. The van der Waals surface area contributed by atoms with Crippen molar-refractivity contribution >= 4 is 45.2 Å². The lowest BCUT2D eigenvalue weighted by molar-refractivity contribution is 0.0753. The van der Waals surface area contributed by atoms with E-state index in [0.29, 0.717) is 21.1 Å². The normalized spacial score (nSPS) is 24.1. The fourth-order valence-corrected chi connectivity index (χ4v) is 4.39. The Kier molecular flexibility index (Phi) is 4.62. The van der Waals surface area contributed by atoms with Crippen LogP contribution in [0.25, 0.3) is 0 Å². The van der Waals surface area contributed by atoms with Crippen LogP contribution in [0.4, 0.5) is 0 Å². The molecule has 18 heavy (non-hydrogen) atoms. The molecule has 1 heterocycles. The quantitative estimate of drug-likeness (QED) is 0.762. The lowest BCUT2D eigenvalue weighted by Crippen LogP contribution is -2.44. The predicted octanol–water partition coefficient (Wildman–Crippen LogP) is 4.07. The Hall–Kier alpha value is -0.190. The summed E-state index contributed by atoms with van der Waals surface area (Å²) >= 11 is 11.3. The summed E-state index contributed by atoms with van der Waals surface area (Å²) < 4.78 is 0.839. The zero-order valence-electron chi connectivity index (χ0n) is 10.3. The van der Waals surface area contributed by atoms with Gasteiger partial charge in [-0.1, -0.05) is 41.4 Å². The van der Waals surface area contributed by atoms with E-state index in [-0.39, 0.29) is 5.91 Å². The molecule has 0 bridgehead atoms. The van der Waals surface area contributed by atoms with Crippen molar-refractivity contribution < 1.29 is 4.79 Å². The fraction of sp³-hybridized carbons (Fsp3) is 0.462. The molecular formula is C13H15BrClNOS. The maximum Gasteiger partial charge on any atom is 0.254 e. The fourth-order valence-electron chi connectivity index (χ4n) is 2.20. The first-order valence-corrected chi connectivity index (χ1v) is 7.98. The number of carbonyl (C=O) groups is 1. The molecule has 98 valence electrons. The number of halogens is 2. The zero-order valence-corrected chi connectivity index (χ0v) is 13.5. The van der Waals surface area contributed by atoms with E-state index < -0.39 is 0 Å². The summed E-state index contributed by atoms with van der Waals surface area (Å²) in [5, 5.41) is 1.56. The Labute approximate surface area is 125 Å². The molecule has 1 fully saturated rings. The van der Waals surface area contributed by atoms with Gasteiger partial charge in [-0.05, 0) is 18.2 Å². The number of hydrogen-bond acceptors (Lipinski definition) is 2. The second-order valence-corrected chi connectivity index (χ2v) is 7.86. The van der Waals surface area contributed by atoms with Crippen LogP contribution < -0.4 is 0 Å². The lowest BCUT2D eigenvalue weighted by atomic mass is 10.2. The predicted molar refractivity (Wildman–Crippen MR) is 81.6 cm³/mol. The smallest absolute Gasteiger partial charge is 0.254 e. The largest absolute Gasteiger partial charge is 0.336 e. The number of nitrogens with zero attached hydrogens (tertiary/aromatic N) is 1. The molecule has 2 nitrogen and oxygen atoms in total. The highest BCUT2D eigenvalue weighted by Gasteiger charge is 2.26. The van der Waals surface area contributed by atoms with Gasteiger partial charge in [-0.15, -0.1) is 0 Å². The molecule has 1 aliphatic heterocycles. The summed E-state index contributed by atoms with van der Waals surface area (Å²) in [6.07, 6.45) is 0. The topological polar surface area (TPSA) is 20.3 Å². The van der Waals surface area contributed by atoms with Crippen LogP contribution in [0, 0.1) is 0 Å². The van der Waals surface area contributed by atoms with Crippen LogP contribution in [0.5, 0.6) is 0 Å². The average Bonchev–Trinajstić information content (AvgIpc) is 2.25. The highest BCUT2D eigenvalue weighted by Crippen LogP contribution is 2.27. The van der Waals surface area contributed by atoms with Crippen LogP contribution >= 0.6 is 39.3 Å². The molecule has 1 amide bonds. The van der Waals surface area contributed by atoms with E-state index in [2.05, 4.69) is 29.8 Å². The van der Waals surface area contributed by atoms with Crippen LogP contribution in [0.1, 0.15) is 24.2 Å². The first-order chi connectivity index (χ1) is 8.45. The minimum atomic E-state index is 0.0669. The molecule has 1 saturated heterocycles. The van der Waals surface area contributed by atoms with Gasteiger partial charge in [0.05, 0.1) is 0 Å². The van der Waals surface area contributed by atoms with Crippen LogP contribution in [0.2, 0.25) is 5.02 Å². The van der Waals surface area contributed by atoms with Crippen molar-refractivity contribution in [2.24, 2.45) is 0 Å². The molecular weight excluding hydrogens is 334 g/mol. The number of carbonyl (C=O) groups excluding carboxylic acids is 1. The molecule has 1 aromatic carbocycles. The van der Waals surface area contributed by atoms with Gasteiger partial charge < -0.3 is 4.90 Å². The molecule has 1 aliphatic rings. The maximum absolute atomic E-state index is 12.4. The van der Waals surface area contributed by atoms with E-state index in [1.165, 1.54) is 0 Å². The third-order valence-electron chi connectivity index (χ3n) is 2.82. The van der Waals surface area contributed by atoms with Crippen molar-refractivity contribution in [3.63, 3.8) is 0 Å². The van der Waals surface area contributed by atoms with E-state index in [4.69, 9.17) is 11.6 Å². The van der Waals surface area contributed by atoms with E-state index in [9.17, 15) is 4.79 Å². The van der Waals surface area contributed by atoms with Crippen LogP contribution in [-0.2, 0) is 0 Å². The molecule has 0 saturated carbocycles. The maximum atomic E-state index is 12.4. The number of rotatable bonds is 1. The van der Waals surface area contributed by atoms with Gasteiger partial charge in [0, 0.05) is 38.6 Å². The van der Waals surface area contributed by atoms with Gasteiger partial charge in [0.25, 0.3) is 5.91 Å². The van der Waals surface area contributed by atoms with Gasteiger partial charge in [-0.25, -0.2) is 0 Å². The highest BCUT2D eigenvalue weighted by molar-refractivity contribution is 9.10. The highest BCUT2D eigenvalue weighted by atomic mass is 79.9. The molecule has 1 aromatic rings. The van der Waals surface area contributed by atoms with Crippen LogP contribution in [0.15, 0.2) is 22.7 Å². The van der Waals surface area contributed by atoms with E-state index in [0.717, 1.165) is 17.6 Å². The summed E-state index contributed by atoms with van der Waals surface area (Å²) in [5.41, 5.74) is 0.653. The Bertz CT molecular complexity index is 438. The van der Waals surface area contributed by atoms with E-state index >= 15 is 0 Å². The molecule has 5 heteroatoms. The Balaban J connectivity index is 2.20. The second kappa shape index (κ2) is 5.85. The molecule has 2 unspecified atom stereocenters. The summed E-state index contributed by atoms with van der Waals surface area (Å²) in [5.74, 6) is 0.0669. The second-order valence-electron chi connectivity index (χ2n) is 4.63. The minimum absolute atomic E-state index is 0.0669. The van der Waals surface area contributed by atoms with Crippen molar-refractivity contribution in [1.82, 2.24) is 4.90 Å². The first kappa shape index (κ1) is 14.2. The summed E-state index contributed by atoms with van der Waals surface area (Å²) in [6, 6.07) is 5.34. The Morgan fingerprint density at radius 3 is 2.50 bits per heavy atom. The van der Waals surface area contributed by atoms with Crippen molar-refractivity contribution in [3.8, 4) is 0 Å². The Morgan fingerprint density at radius 1 is 1.33 bits per heavy atom. The molecule has 0 radical (unpaired) electrons. The number of hydrogen-bond donors (Lipinski definition) is 0. The third kappa shape index (κ3) is 3.43. The lowest BCUT2D eigenvalue weighted by Gasteiger charge is -2.34. The molecule has 2 atom stereocenters. The monoisotopic (exact) mass is 347 g/mol. The summed E-state index contributed by atoms with van der Waals surface area (Å²) in [7, 11) is 0. The standard InChI is InChI=1S/C13H15BrClNOS/c1-8-6-16(7-9(2)18-8)13(17)10-3-11(14)5-12(15)4-10/h3-5,8-9H,6-7H2,1-2H3. The Morgan fingerprint density at radius 2 is 1.94 bits per heavy atom. The summed E-state index contributed by atoms with van der Waals surface area (Å²) in [4.78, 5) is 14.4. The van der Waals surface area contributed by atoms with Crippen molar-refractivity contribution in [2.75, 3.05) is 13.1 Å². The summed E-state index contributed by atoms with van der Waals surface area (Å²) in [6.45, 7) is 5.93. The first-order valence-electron chi connectivity index (χ1n) is 5.86. The van der Waals surface area contributed by atoms with E-state index in [1.54, 1.807) is 12.1 Å². The van der Waals surface area contributed by atoms with Gasteiger partial charge in [0.2, 0.25) is 0 Å². The van der Waals surface area contributed by atoms with Gasteiger partial charge in [0.15, 0.2) is 0 Å². The van der Waals surface area contributed by atoms with E-state index in [1.807, 2.05) is 22.7 Å². The zero-order chi connectivity index (χ0) is 13.3. The molecule has 0 N–H and O–H groups in total. The van der Waals surface area contributed by atoms with Crippen molar-refractivity contribution in [3.05, 3.63) is 33.3 Å². The van der Waals surface area contributed by atoms with Gasteiger partial charge in [0.1, 0.15) is 0 Å².